The van der Waals surface area contributed by atoms with Crippen LogP contribution in [0.25, 0.3) is 0 Å². The van der Waals surface area contributed by atoms with Crippen molar-refractivity contribution < 1.29 is 19.1 Å². The summed E-state index contributed by atoms with van der Waals surface area (Å²) in [6.45, 7) is 3.90. The van der Waals surface area contributed by atoms with E-state index in [1.165, 1.54) is 6.20 Å². The van der Waals surface area contributed by atoms with Crippen LogP contribution in [0.4, 0.5) is 0 Å². The van der Waals surface area contributed by atoms with Gasteiger partial charge in [-0.15, -0.1) is 0 Å². The van der Waals surface area contributed by atoms with Gasteiger partial charge < -0.3 is 9.47 Å². The Bertz CT molecular complexity index is 831. The molecule has 2 aromatic rings. The number of carbonyl (C=O) groups is 2. The average Bonchev–Trinajstić information content (AvgIpc) is 2.79. The van der Waals surface area contributed by atoms with Crippen LogP contribution in [-0.2, 0) is 19.8 Å². The van der Waals surface area contributed by atoms with Crippen LogP contribution in [0.3, 0.4) is 0 Å². The summed E-state index contributed by atoms with van der Waals surface area (Å²) in [6, 6.07) is 10.7. The van der Waals surface area contributed by atoms with Crippen molar-refractivity contribution in [3.05, 3.63) is 64.9 Å². The van der Waals surface area contributed by atoms with Crippen LogP contribution < -0.4 is 0 Å². The first-order valence-corrected chi connectivity index (χ1v) is 10.6. The lowest BCUT2D eigenvalue weighted by Crippen LogP contribution is -2.52. The second-order valence-electron chi connectivity index (χ2n) is 6.79. The summed E-state index contributed by atoms with van der Waals surface area (Å²) in [5, 5.41) is 0.563. The van der Waals surface area contributed by atoms with Gasteiger partial charge in [0.15, 0.2) is 12.6 Å². The number of aromatic nitrogens is 1. The van der Waals surface area contributed by atoms with Crippen molar-refractivity contribution in [2.24, 2.45) is 0 Å². The Balaban J connectivity index is 0.00000155. The molecule has 0 saturated heterocycles. The van der Waals surface area contributed by atoms with E-state index in [9.17, 15) is 9.59 Å². The molecule has 7 heteroatoms. The molecule has 1 aromatic carbocycles. The molecule has 0 amide bonds. The minimum absolute atomic E-state index is 0.122. The van der Waals surface area contributed by atoms with E-state index < -0.39 is 11.5 Å². The molecule has 162 valence electrons. The van der Waals surface area contributed by atoms with Crippen molar-refractivity contribution in [3.8, 4) is 0 Å². The van der Waals surface area contributed by atoms with Gasteiger partial charge in [0, 0.05) is 23.8 Å². The highest BCUT2D eigenvalue weighted by atomic mass is 35.5. The number of hydrogen-bond donors (Lipinski definition) is 0. The maximum atomic E-state index is 13.0. The number of likely N-dealkylation sites (N-methyl/N-ethyl adjacent to an activating group) is 1. The molecular weight excluding hydrogens is 404 g/mol. The van der Waals surface area contributed by atoms with Crippen LogP contribution in [0.2, 0.25) is 5.02 Å². The summed E-state index contributed by atoms with van der Waals surface area (Å²) in [5.41, 5.74) is 0.318. The molecular formula is C23H29ClN2O4. The number of ketones is 1. The van der Waals surface area contributed by atoms with Crippen LogP contribution in [-0.4, -0.2) is 42.2 Å². The molecule has 3 rings (SSSR count). The van der Waals surface area contributed by atoms with Gasteiger partial charge in [-0.05, 0) is 43.7 Å². The standard InChI is InChI=1S/C21H23ClN2O4.C2H6/c1-24(14-27-15-28-20(26)16-7-6-12-23-13-16)21(11-5-4-10-19(21)25)17-8-2-3-9-18(17)22;1-2/h2-3,6-9,12-13H,4-5,10-11,14-15H2,1H3;1-2H3. The number of halogens is 1. The van der Waals surface area contributed by atoms with Crippen LogP contribution in [0.15, 0.2) is 48.8 Å². The first kappa shape index (κ1) is 24.0. The van der Waals surface area contributed by atoms with Gasteiger partial charge in [-0.3, -0.25) is 14.7 Å². The van der Waals surface area contributed by atoms with Gasteiger partial charge in [0.2, 0.25) is 0 Å². The monoisotopic (exact) mass is 432 g/mol. The second kappa shape index (κ2) is 11.8. The molecule has 1 atom stereocenters. The van der Waals surface area contributed by atoms with Crippen LogP contribution >= 0.6 is 11.6 Å². The van der Waals surface area contributed by atoms with E-state index in [2.05, 4.69) is 4.98 Å². The van der Waals surface area contributed by atoms with E-state index in [4.69, 9.17) is 21.1 Å². The number of ether oxygens (including phenoxy) is 2. The molecule has 1 heterocycles. The van der Waals surface area contributed by atoms with Gasteiger partial charge in [-0.2, -0.15) is 0 Å². The molecule has 30 heavy (non-hydrogen) atoms. The molecule has 1 unspecified atom stereocenters. The summed E-state index contributed by atoms with van der Waals surface area (Å²) in [5.74, 6) is -0.379. The number of nitrogens with zero attached hydrogens (tertiary/aromatic N) is 2. The predicted molar refractivity (Wildman–Crippen MR) is 116 cm³/mol. The van der Waals surface area contributed by atoms with Gasteiger partial charge in [-0.1, -0.05) is 50.1 Å². The highest BCUT2D eigenvalue weighted by Crippen LogP contribution is 2.42. The van der Waals surface area contributed by atoms with E-state index in [0.717, 1.165) is 18.4 Å². The molecule has 1 fully saturated rings. The summed E-state index contributed by atoms with van der Waals surface area (Å²) in [6.07, 6.45) is 6.00. The fraction of sp³-hybridized carbons (Fsp3) is 0.435. The van der Waals surface area contributed by atoms with Crippen molar-refractivity contribution in [1.82, 2.24) is 9.88 Å². The zero-order valence-corrected chi connectivity index (χ0v) is 18.5. The Morgan fingerprint density at radius 1 is 1.20 bits per heavy atom. The van der Waals surface area contributed by atoms with E-state index in [1.54, 1.807) is 24.4 Å². The Labute approximate surface area is 183 Å². The van der Waals surface area contributed by atoms with Gasteiger partial charge in [-0.25, -0.2) is 4.79 Å². The van der Waals surface area contributed by atoms with E-state index in [0.29, 0.717) is 23.4 Å². The quantitative estimate of drug-likeness (QED) is 0.355. The van der Waals surface area contributed by atoms with Crippen molar-refractivity contribution in [3.63, 3.8) is 0 Å². The number of benzene rings is 1. The fourth-order valence-corrected chi connectivity index (χ4v) is 3.94. The number of carbonyl (C=O) groups excluding carboxylic acids is 2. The fourth-order valence-electron chi connectivity index (χ4n) is 3.65. The Kier molecular flexibility index (Phi) is 9.43. The average molecular weight is 433 g/mol. The first-order chi connectivity index (χ1) is 14.6. The van der Waals surface area contributed by atoms with Gasteiger partial charge >= 0.3 is 5.97 Å². The highest BCUT2D eigenvalue weighted by Gasteiger charge is 2.46. The lowest BCUT2D eigenvalue weighted by molar-refractivity contribution is -0.143. The minimum atomic E-state index is -0.829. The van der Waals surface area contributed by atoms with Crippen molar-refractivity contribution >= 4 is 23.4 Å². The maximum absolute atomic E-state index is 13.0. The first-order valence-electron chi connectivity index (χ1n) is 10.2. The van der Waals surface area contributed by atoms with Crippen LogP contribution in [0.1, 0.15) is 55.5 Å². The Morgan fingerprint density at radius 2 is 1.97 bits per heavy atom. The summed E-state index contributed by atoms with van der Waals surface area (Å²) in [4.78, 5) is 30.7. The Hall–Kier alpha value is -2.28. The van der Waals surface area contributed by atoms with Gasteiger partial charge in [0.1, 0.15) is 12.3 Å². The second-order valence-corrected chi connectivity index (χ2v) is 7.20. The Morgan fingerprint density at radius 3 is 2.63 bits per heavy atom. The van der Waals surface area contributed by atoms with Gasteiger partial charge in [0.25, 0.3) is 0 Å². The van der Waals surface area contributed by atoms with Gasteiger partial charge in [0.05, 0.1) is 5.56 Å². The SMILES string of the molecule is CC.CN(COCOC(=O)c1cccnc1)C1(c2ccccc2Cl)CCCCC1=O. The predicted octanol–water partition coefficient (Wildman–Crippen LogP) is 4.82. The molecule has 0 radical (unpaired) electrons. The number of Topliss-reactive ketones (excluding diaryl/α,β-unsaturated/α-hetero) is 1. The van der Waals surface area contributed by atoms with Crippen LogP contribution in [0.5, 0.6) is 0 Å². The third kappa shape index (κ3) is 5.45. The number of rotatable bonds is 7. The molecule has 0 N–H and O–H groups in total. The maximum Gasteiger partial charge on any atom is 0.341 e. The number of esters is 1. The lowest BCUT2D eigenvalue weighted by Gasteiger charge is -2.43. The molecule has 1 aliphatic carbocycles. The summed E-state index contributed by atoms with van der Waals surface area (Å²) >= 11 is 6.43. The largest absolute Gasteiger partial charge is 0.435 e. The van der Waals surface area contributed by atoms with E-state index >= 15 is 0 Å². The van der Waals surface area contributed by atoms with Crippen molar-refractivity contribution in [2.45, 2.75) is 45.1 Å². The molecule has 0 spiro atoms. The topological polar surface area (TPSA) is 68.7 Å². The lowest BCUT2D eigenvalue weighted by atomic mass is 9.74. The van der Waals surface area contributed by atoms with Crippen molar-refractivity contribution in [1.29, 1.82) is 0 Å². The van der Waals surface area contributed by atoms with Crippen molar-refractivity contribution in [2.75, 3.05) is 20.6 Å². The van der Waals surface area contributed by atoms with E-state index in [1.807, 2.05) is 44.0 Å². The zero-order chi connectivity index (χ0) is 22.0. The van der Waals surface area contributed by atoms with E-state index in [-0.39, 0.29) is 19.3 Å². The molecule has 1 aromatic heterocycles. The smallest absolute Gasteiger partial charge is 0.341 e. The summed E-state index contributed by atoms with van der Waals surface area (Å²) < 4.78 is 10.7. The molecule has 0 bridgehead atoms. The normalized spacial score (nSPS) is 18.5. The molecule has 0 aliphatic heterocycles. The number of hydrogen-bond acceptors (Lipinski definition) is 6. The third-order valence-corrected chi connectivity index (χ3v) is 5.41. The highest BCUT2D eigenvalue weighted by molar-refractivity contribution is 6.31. The molecule has 1 aliphatic rings. The molecule has 1 saturated carbocycles. The zero-order valence-electron chi connectivity index (χ0n) is 17.8. The van der Waals surface area contributed by atoms with Crippen LogP contribution in [0, 0.1) is 0 Å². The minimum Gasteiger partial charge on any atom is -0.435 e. The summed E-state index contributed by atoms with van der Waals surface area (Å²) in [7, 11) is 1.83. The molecule has 6 nitrogen and oxygen atoms in total. The number of pyridine rings is 1. The third-order valence-electron chi connectivity index (χ3n) is 5.08.